The summed E-state index contributed by atoms with van der Waals surface area (Å²) in [6.07, 6.45) is 0.711. The summed E-state index contributed by atoms with van der Waals surface area (Å²) >= 11 is 0. The Morgan fingerprint density at radius 3 is 2.57 bits per heavy atom. The van der Waals surface area contributed by atoms with Crippen molar-refractivity contribution in [1.29, 1.82) is 0 Å². The molecule has 0 aliphatic heterocycles. The Kier molecular flexibility index (Phi) is 3.48. The van der Waals surface area contributed by atoms with Crippen molar-refractivity contribution >= 4 is 16.9 Å². The maximum Gasteiger partial charge on any atom is 0.303 e. The normalized spacial score (nSPS) is 10.9. The fourth-order valence-electron chi connectivity index (χ4n) is 2.82. The minimum absolute atomic E-state index is 0.156. The molecule has 0 aliphatic carbocycles. The van der Waals surface area contributed by atoms with Crippen LogP contribution in [0.3, 0.4) is 0 Å². The molecule has 0 amide bonds. The second kappa shape index (κ2) is 5.44. The SMILES string of the molecule is Cc1[nH]c2c(-c3ccccc3)cccc2c1CCC(=O)O. The first-order valence-corrected chi connectivity index (χ1v) is 7.04. The van der Waals surface area contributed by atoms with Crippen LogP contribution in [0.15, 0.2) is 48.5 Å². The first-order chi connectivity index (χ1) is 10.2. The largest absolute Gasteiger partial charge is 0.481 e. The van der Waals surface area contributed by atoms with Gasteiger partial charge in [0.1, 0.15) is 0 Å². The molecule has 2 aromatic carbocycles. The van der Waals surface area contributed by atoms with Gasteiger partial charge >= 0.3 is 5.97 Å². The summed E-state index contributed by atoms with van der Waals surface area (Å²) < 4.78 is 0. The van der Waals surface area contributed by atoms with E-state index in [2.05, 4.69) is 29.2 Å². The zero-order valence-corrected chi connectivity index (χ0v) is 11.9. The summed E-state index contributed by atoms with van der Waals surface area (Å²) in [5.74, 6) is -0.761. The van der Waals surface area contributed by atoms with Crippen LogP contribution in [0.2, 0.25) is 0 Å². The molecule has 0 saturated carbocycles. The Balaban J connectivity index is 2.13. The van der Waals surface area contributed by atoms with Crippen molar-refractivity contribution in [2.45, 2.75) is 19.8 Å². The van der Waals surface area contributed by atoms with Crippen molar-refractivity contribution in [2.75, 3.05) is 0 Å². The molecule has 0 bridgehead atoms. The lowest BCUT2D eigenvalue weighted by Crippen LogP contribution is -1.97. The van der Waals surface area contributed by atoms with Crippen LogP contribution in [0.4, 0.5) is 0 Å². The van der Waals surface area contributed by atoms with Gasteiger partial charge in [0.25, 0.3) is 0 Å². The van der Waals surface area contributed by atoms with Crippen LogP contribution < -0.4 is 0 Å². The maximum absolute atomic E-state index is 10.8. The molecule has 0 atom stereocenters. The minimum atomic E-state index is -0.761. The van der Waals surface area contributed by atoms with Crippen LogP contribution in [-0.4, -0.2) is 16.1 Å². The lowest BCUT2D eigenvalue weighted by molar-refractivity contribution is -0.136. The number of carboxylic acids is 1. The van der Waals surface area contributed by atoms with Crippen molar-refractivity contribution in [2.24, 2.45) is 0 Å². The van der Waals surface area contributed by atoms with E-state index in [-0.39, 0.29) is 6.42 Å². The number of aliphatic carboxylic acids is 1. The number of hydrogen-bond acceptors (Lipinski definition) is 1. The van der Waals surface area contributed by atoms with E-state index in [1.807, 2.05) is 31.2 Å². The van der Waals surface area contributed by atoms with Gasteiger partial charge in [-0.25, -0.2) is 0 Å². The lowest BCUT2D eigenvalue weighted by atomic mass is 10.00. The number of rotatable bonds is 4. The van der Waals surface area contributed by atoms with E-state index >= 15 is 0 Å². The molecular weight excluding hydrogens is 262 g/mol. The van der Waals surface area contributed by atoms with Crippen LogP contribution >= 0.6 is 0 Å². The number of aromatic amines is 1. The summed E-state index contributed by atoms with van der Waals surface area (Å²) in [5, 5.41) is 10.0. The number of nitrogens with one attached hydrogen (secondary N) is 1. The molecule has 3 heteroatoms. The molecule has 0 radical (unpaired) electrons. The van der Waals surface area contributed by atoms with Crippen LogP contribution in [0.1, 0.15) is 17.7 Å². The Morgan fingerprint density at radius 1 is 1.10 bits per heavy atom. The van der Waals surface area contributed by atoms with Crippen molar-refractivity contribution in [1.82, 2.24) is 4.98 Å². The highest BCUT2D eigenvalue weighted by molar-refractivity contribution is 5.97. The zero-order valence-electron chi connectivity index (χ0n) is 11.9. The molecule has 3 nitrogen and oxygen atoms in total. The van der Waals surface area contributed by atoms with E-state index in [0.717, 1.165) is 33.3 Å². The third-order valence-corrected chi connectivity index (χ3v) is 3.83. The second-order valence-electron chi connectivity index (χ2n) is 5.22. The monoisotopic (exact) mass is 279 g/mol. The van der Waals surface area contributed by atoms with E-state index < -0.39 is 5.97 Å². The number of H-pyrrole nitrogens is 1. The van der Waals surface area contributed by atoms with Crippen molar-refractivity contribution in [3.63, 3.8) is 0 Å². The highest BCUT2D eigenvalue weighted by Gasteiger charge is 2.13. The zero-order chi connectivity index (χ0) is 14.8. The predicted molar refractivity (Wildman–Crippen MR) is 84.4 cm³/mol. The second-order valence-corrected chi connectivity index (χ2v) is 5.22. The highest BCUT2D eigenvalue weighted by Crippen LogP contribution is 2.31. The van der Waals surface area contributed by atoms with Crippen molar-refractivity contribution in [3.8, 4) is 11.1 Å². The average molecular weight is 279 g/mol. The van der Waals surface area contributed by atoms with Crippen molar-refractivity contribution < 1.29 is 9.90 Å². The van der Waals surface area contributed by atoms with Gasteiger partial charge in [0.2, 0.25) is 0 Å². The Morgan fingerprint density at radius 2 is 1.86 bits per heavy atom. The van der Waals surface area contributed by atoms with Gasteiger partial charge in [-0.2, -0.15) is 0 Å². The number of carboxylic acid groups (broad SMARTS) is 1. The lowest BCUT2D eigenvalue weighted by Gasteiger charge is -2.04. The fourth-order valence-corrected chi connectivity index (χ4v) is 2.82. The molecule has 0 aliphatic rings. The summed E-state index contributed by atoms with van der Waals surface area (Å²) in [4.78, 5) is 14.2. The smallest absolute Gasteiger partial charge is 0.303 e. The van der Waals surface area contributed by atoms with E-state index in [9.17, 15) is 4.79 Å². The number of para-hydroxylation sites is 1. The average Bonchev–Trinajstić information content (AvgIpc) is 2.81. The van der Waals surface area contributed by atoms with Crippen LogP contribution in [-0.2, 0) is 11.2 Å². The van der Waals surface area contributed by atoms with E-state index in [1.54, 1.807) is 0 Å². The van der Waals surface area contributed by atoms with Crippen LogP contribution in [0.25, 0.3) is 22.0 Å². The van der Waals surface area contributed by atoms with Gasteiger partial charge in [0.15, 0.2) is 0 Å². The molecule has 1 heterocycles. The summed E-state index contributed by atoms with van der Waals surface area (Å²) in [5.41, 5.74) is 5.55. The molecule has 3 aromatic rings. The van der Waals surface area contributed by atoms with Gasteiger partial charge in [-0.05, 0) is 24.5 Å². The molecular formula is C18H17NO2. The number of carbonyl (C=O) groups is 1. The van der Waals surface area contributed by atoms with Gasteiger partial charge in [0, 0.05) is 23.1 Å². The quantitative estimate of drug-likeness (QED) is 0.753. The Hall–Kier alpha value is -2.55. The van der Waals surface area contributed by atoms with Crippen molar-refractivity contribution in [3.05, 3.63) is 59.8 Å². The minimum Gasteiger partial charge on any atom is -0.481 e. The molecule has 0 spiro atoms. The van der Waals surface area contributed by atoms with Crippen LogP contribution in [0.5, 0.6) is 0 Å². The number of aryl methyl sites for hydroxylation is 2. The fraction of sp³-hybridized carbons (Fsp3) is 0.167. The first kappa shape index (κ1) is 13.4. The molecule has 3 rings (SSSR count). The predicted octanol–water partition coefficient (Wildman–Crippen LogP) is 4.16. The van der Waals surface area contributed by atoms with E-state index in [0.29, 0.717) is 6.42 Å². The third kappa shape index (κ3) is 2.55. The van der Waals surface area contributed by atoms with Crippen LogP contribution in [0, 0.1) is 6.92 Å². The molecule has 2 N–H and O–H groups in total. The number of aromatic nitrogens is 1. The van der Waals surface area contributed by atoms with Gasteiger partial charge in [0.05, 0.1) is 5.52 Å². The molecule has 0 fully saturated rings. The van der Waals surface area contributed by atoms with Gasteiger partial charge < -0.3 is 10.1 Å². The highest BCUT2D eigenvalue weighted by atomic mass is 16.4. The molecule has 0 saturated heterocycles. The summed E-state index contributed by atoms with van der Waals surface area (Å²) in [7, 11) is 0. The summed E-state index contributed by atoms with van der Waals surface area (Å²) in [6.45, 7) is 2.01. The third-order valence-electron chi connectivity index (χ3n) is 3.83. The Labute approximate surface area is 123 Å². The van der Waals surface area contributed by atoms with Gasteiger partial charge in [-0.15, -0.1) is 0 Å². The summed E-state index contributed by atoms with van der Waals surface area (Å²) in [6, 6.07) is 16.4. The van der Waals surface area contributed by atoms with E-state index in [4.69, 9.17) is 5.11 Å². The number of hydrogen-bond donors (Lipinski definition) is 2. The van der Waals surface area contributed by atoms with Gasteiger partial charge in [-0.1, -0.05) is 48.5 Å². The first-order valence-electron chi connectivity index (χ1n) is 7.04. The molecule has 0 unspecified atom stereocenters. The molecule has 106 valence electrons. The number of benzene rings is 2. The Bertz CT molecular complexity index is 788. The van der Waals surface area contributed by atoms with E-state index in [1.165, 1.54) is 0 Å². The number of fused-ring (bicyclic) bond motifs is 1. The maximum atomic E-state index is 10.8. The molecule has 1 aromatic heterocycles. The topological polar surface area (TPSA) is 53.1 Å². The molecule has 21 heavy (non-hydrogen) atoms. The standard InChI is InChI=1S/C18H17NO2/c1-12-14(10-11-17(20)21)16-9-5-8-15(18(16)19-12)13-6-3-2-4-7-13/h2-9,19H,10-11H2,1H3,(H,20,21). The van der Waals surface area contributed by atoms with Gasteiger partial charge in [-0.3, -0.25) is 4.79 Å².